The van der Waals surface area contributed by atoms with E-state index in [0.29, 0.717) is 12.8 Å². The Morgan fingerprint density at radius 1 is 1.11 bits per heavy atom. The van der Waals surface area contributed by atoms with E-state index in [1.54, 1.807) is 6.92 Å². The largest absolute Gasteiger partial charge is 0.438 e. The fourth-order valence-corrected chi connectivity index (χ4v) is 6.47. The lowest BCUT2D eigenvalue weighted by Crippen LogP contribution is -2.61. The van der Waals surface area contributed by atoms with Gasteiger partial charge in [0.15, 0.2) is 0 Å². The molecule has 0 spiro atoms. The van der Waals surface area contributed by atoms with Crippen molar-refractivity contribution in [1.29, 1.82) is 0 Å². The molecule has 3 nitrogen and oxygen atoms in total. The maximum Gasteiger partial charge on any atom is 0.438 e. The highest BCUT2D eigenvalue weighted by molar-refractivity contribution is 5.37. The second-order valence-electron chi connectivity index (χ2n) is 11.5. The second kappa shape index (κ2) is 8.53. The van der Waals surface area contributed by atoms with Gasteiger partial charge in [0.05, 0.1) is 11.7 Å². The van der Waals surface area contributed by atoms with Crippen LogP contribution >= 0.6 is 0 Å². The van der Waals surface area contributed by atoms with Crippen LogP contribution in [0.5, 0.6) is 0 Å². The average Bonchev–Trinajstić information content (AvgIpc) is 2.94. The van der Waals surface area contributed by atoms with Crippen LogP contribution in [-0.4, -0.2) is 45.0 Å². The highest BCUT2D eigenvalue weighted by Crippen LogP contribution is 2.62. The lowest BCUT2D eigenvalue weighted by atomic mass is 9.50. The molecule has 7 atom stereocenters. The molecule has 0 amide bonds. The van der Waals surface area contributed by atoms with Crippen LogP contribution in [-0.2, 0) is 0 Å². The predicted molar refractivity (Wildman–Crippen MR) is 119 cm³/mol. The zero-order valence-electron chi connectivity index (χ0n) is 20.4. The Morgan fingerprint density at radius 2 is 1.69 bits per heavy atom. The second-order valence-corrected chi connectivity index (χ2v) is 11.5. The van der Waals surface area contributed by atoms with Gasteiger partial charge in [-0.15, -0.1) is 0 Å². The summed E-state index contributed by atoms with van der Waals surface area (Å²) in [5.74, 6) is 2.67. The molecule has 3 N–H and O–H groups in total. The smallest absolute Gasteiger partial charge is 0.393 e. The van der Waals surface area contributed by atoms with Crippen molar-refractivity contribution in [3.8, 4) is 11.8 Å². The SMILES string of the molecule is C=C1C2C[C@@H](O)C[C@]1(O)C2C=C[C@@H]1CC[C@](C)([C@@H](C)CC#CC(O)(C(F)(F)F)C(F)(F)F)C1(C)C. The van der Waals surface area contributed by atoms with Crippen LogP contribution in [0.2, 0.25) is 0 Å². The van der Waals surface area contributed by atoms with Gasteiger partial charge in [-0.25, -0.2) is 0 Å². The minimum Gasteiger partial charge on any atom is -0.393 e. The van der Waals surface area contributed by atoms with Crippen molar-refractivity contribution in [2.75, 3.05) is 0 Å². The van der Waals surface area contributed by atoms with Crippen molar-refractivity contribution in [3.05, 3.63) is 24.3 Å². The summed E-state index contributed by atoms with van der Waals surface area (Å²) < 4.78 is 77.4. The molecule has 3 fully saturated rings. The van der Waals surface area contributed by atoms with Crippen molar-refractivity contribution >= 4 is 0 Å². The van der Waals surface area contributed by atoms with E-state index in [-0.39, 0.29) is 41.9 Å². The first kappa shape index (κ1) is 28.1. The van der Waals surface area contributed by atoms with Crippen LogP contribution in [0.4, 0.5) is 26.3 Å². The molecule has 0 aromatic heterocycles. The van der Waals surface area contributed by atoms with Crippen LogP contribution < -0.4 is 0 Å². The number of rotatable bonds is 4. The van der Waals surface area contributed by atoms with E-state index in [9.17, 15) is 41.7 Å². The van der Waals surface area contributed by atoms with Crippen molar-refractivity contribution in [3.63, 3.8) is 0 Å². The van der Waals surface area contributed by atoms with Crippen molar-refractivity contribution in [2.45, 2.75) is 89.5 Å². The van der Waals surface area contributed by atoms with Gasteiger partial charge < -0.3 is 15.3 Å². The molecule has 0 saturated heterocycles. The molecule has 198 valence electrons. The molecule has 2 unspecified atom stereocenters. The minimum absolute atomic E-state index is 0.0195. The molecular weight excluding hydrogens is 474 g/mol. The van der Waals surface area contributed by atoms with E-state index >= 15 is 0 Å². The van der Waals surface area contributed by atoms with Gasteiger partial charge in [-0.2, -0.15) is 26.3 Å². The van der Waals surface area contributed by atoms with Crippen molar-refractivity contribution < 1.29 is 41.7 Å². The summed E-state index contributed by atoms with van der Waals surface area (Å²) in [6.07, 6.45) is -6.38. The highest BCUT2D eigenvalue weighted by Gasteiger charge is 2.70. The molecule has 3 aliphatic rings. The summed E-state index contributed by atoms with van der Waals surface area (Å²) in [5, 5.41) is 30.1. The fraction of sp³-hybridized carbons (Fsp3) is 0.769. The number of allylic oxidation sites excluding steroid dienone is 1. The summed E-state index contributed by atoms with van der Waals surface area (Å²) in [5.41, 5.74) is -6.21. The minimum atomic E-state index is -5.96. The van der Waals surface area contributed by atoms with E-state index < -0.39 is 35.1 Å². The number of aliphatic hydroxyl groups excluding tert-OH is 1. The average molecular weight is 509 g/mol. The number of alkyl halides is 6. The monoisotopic (exact) mass is 508 g/mol. The molecule has 0 aromatic carbocycles. The molecule has 3 rings (SSSR count). The molecule has 3 aliphatic carbocycles. The quantitative estimate of drug-likeness (QED) is 0.265. The number of hydrogen-bond acceptors (Lipinski definition) is 3. The van der Waals surface area contributed by atoms with Crippen molar-refractivity contribution in [2.24, 2.45) is 34.5 Å². The zero-order valence-corrected chi connectivity index (χ0v) is 20.4. The van der Waals surface area contributed by atoms with E-state index in [0.717, 1.165) is 17.9 Å². The third kappa shape index (κ3) is 4.23. The molecule has 0 heterocycles. The number of fused-ring (bicyclic) bond motifs is 2. The van der Waals surface area contributed by atoms with Gasteiger partial charge in [-0.3, -0.25) is 0 Å². The number of halogens is 6. The predicted octanol–water partition coefficient (Wildman–Crippen LogP) is 5.56. The molecule has 9 heteroatoms. The van der Waals surface area contributed by atoms with Crippen LogP contribution in [0.25, 0.3) is 0 Å². The lowest BCUT2D eigenvalue weighted by molar-refractivity contribution is -0.343. The molecular formula is C26H34F6O3. The van der Waals surface area contributed by atoms with Gasteiger partial charge in [-0.05, 0) is 59.3 Å². The van der Waals surface area contributed by atoms with Gasteiger partial charge in [0, 0.05) is 18.8 Å². The summed E-state index contributed by atoms with van der Waals surface area (Å²) in [7, 11) is 0. The summed E-state index contributed by atoms with van der Waals surface area (Å²) >= 11 is 0. The Balaban J connectivity index is 1.74. The van der Waals surface area contributed by atoms with E-state index in [1.165, 1.54) is 0 Å². The third-order valence-corrected chi connectivity index (χ3v) is 9.57. The number of aliphatic hydroxyl groups is 3. The fourth-order valence-electron chi connectivity index (χ4n) is 6.47. The van der Waals surface area contributed by atoms with E-state index in [2.05, 4.69) is 12.7 Å². The Morgan fingerprint density at radius 3 is 2.20 bits per heavy atom. The first-order chi connectivity index (χ1) is 15.7. The maximum absolute atomic E-state index is 12.9. The summed E-state index contributed by atoms with van der Waals surface area (Å²) in [4.78, 5) is 0. The standard InChI is InChI=1S/C26H34F6O3/c1-15(7-6-11-24(35,25(27,28)29)26(30,31)32)22(5)12-10-17(21(22,3)4)8-9-20-19-13-18(33)14-23(20,34)16(19)2/h8-9,15,17-20,33-35H,2,7,10,12-14H2,1,3-5H3/t15-,17+,18+,19?,20?,22+,23+/m0/s1. The van der Waals surface area contributed by atoms with Crippen LogP contribution in [0.3, 0.4) is 0 Å². The first-order valence-corrected chi connectivity index (χ1v) is 11.9. The first-order valence-electron chi connectivity index (χ1n) is 11.9. The zero-order chi connectivity index (χ0) is 26.8. The maximum atomic E-state index is 12.9. The molecule has 0 radical (unpaired) electrons. The third-order valence-electron chi connectivity index (χ3n) is 9.57. The van der Waals surface area contributed by atoms with Crippen LogP contribution in [0, 0.1) is 46.3 Å². The van der Waals surface area contributed by atoms with Crippen LogP contribution in [0.15, 0.2) is 24.3 Å². The molecule has 0 aromatic rings. The summed E-state index contributed by atoms with van der Waals surface area (Å²) in [6.45, 7) is 11.7. The Labute approximate surface area is 202 Å². The molecule has 2 bridgehead atoms. The Hall–Kier alpha value is -1.50. The number of hydrogen-bond donors (Lipinski definition) is 3. The van der Waals surface area contributed by atoms with Gasteiger partial charge in [0.1, 0.15) is 0 Å². The normalized spacial score (nSPS) is 38.1. The van der Waals surface area contributed by atoms with E-state index in [1.807, 2.05) is 32.8 Å². The molecule has 3 saturated carbocycles. The topological polar surface area (TPSA) is 60.7 Å². The highest BCUT2D eigenvalue weighted by atomic mass is 19.4. The Kier molecular flexibility index (Phi) is 6.84. The van der Waals surface area contributed by atoms with Gasteiger partial charge in [-0.1, -0.05) is 52.3 Å². The van der Waals surface area contributed by atoms with Crippen LogP contribution in [0.1, 0.15) is 59.8 Å². The molecule has 0 aliphatic heterocycles. The summed E-state index contributed by atoms with van der Waals surface area (Å²) in [6, 6.07) is 0. The Bertz CT molecular complexity index is 925. The van der Waals surface area contributed by atoms with E-state index in [4.69, 9.17) is 0 Å². The van der Waals surface area contributed by atoms with Gasteiger partial charge in [0.25, 0.3) is 0 Å². The van der Waals surface area contributed by atoms with Gasteiger partial charge >= 0.3 is 18.0 Å². The lowest BCUT2D eigenvalue weighted by Gasteiger charge is -2.58. The molecule has 35 heavy (non-hydrogen) atoms. The van der Waals surface area contributed by atoms with Crippen molar-refractivity contribution in [1.82, 2.24) is 0 Å². The van der Waals surface area contributed by atoms with Gasteiger partial charge in [0.2, 0.25) is 0 Å².